The molecule has 6 heteroatoms. The van der Waals surface area contributed by atoms with Gasteiger partial charge < -0.3 is 10.3 Å². The molecule has 3 N–H and O–H groups in total. The molecule has 2 heterocycles. The average molecular weight is 184 g/mol. The third-order valence-corrected chi connectivity index (χ3v) is 2.23. The maximum absolute atomic E-state index is 11.3. The minimum absolute atomic E-state index is 0.211. The predicted molar refractivity (Wildman–Crippen MR) is 44.7 cm³/mol. The SMILES string of the molecule is CNNC1=CC2CN(C1)C(=O)N2O. The van der Waals surface area contributed by atoms with E-state index in [1.807, 2.05) is 6.08 Å². The predicted octanol–water partition coefficient (Wildman–Crippen LogP) is -0.897. The van der Waals surface area contributed by atoms with Crippen LogP contribution >= 0.6 is 0 Å². The fourth-order valence-electron chi connectivity index (χ4n) is 1.66. The second-order valence-corrected chi connectivity index (χ2v) is 3.14. The van der Waals surface area contributed by atoms with E-state index < -0.39 is 0 Å². The number of carbonyl (C=O) groups is 1. The zero-order chi connectivity index (χ0) is 9.42. The number of amides is 2. The van der Waals surface area contributed by atoms with Crippen LogP contribution in [0.5, 0.6) is 0 Å². The second kappa shape index (κ2) is 2.90. The van der Waals surface area contributed by atoms with Gasteiger partial charge in [0.05, 0.1) is 12.6 Å². The summed E-state index contributed by atoms with van der Waals surface area (Å²) in [5, 5.41) is 10.1. The van der Waals surface area contributed by atoms with Crippen LogP contribution < -0.4 is 10.9 Å². The highest BCUT2D eigenvalue weighted by molar-refractivity contribution is 5.77. The van der Waals surface area contributed by atoms with E-state index >= 15 is 0 Å². The summed E-state index contributed by atoms with van der Waals surface area (Å²) in [5.41, 5.74) is 6.59. The van der Waals surface area contributed by atoms with Crippen LogP contribution in [0.2, 0.25) is 0 Å². The van der Waals surface area contributed by atoms with Gasteiger partial charge in [-0.2, -0.15) is 5.06 Å². The first kappa shape index (κ1) is 8.33. The van der Waals surface area contributed by atoms with Gasteiger partial charge in [0.1, 0.15) is 0 Å². The summed E-state index contributed by atoms with van der Waals surface area (Å²) < 4.78 is 0. The molecule has 1 atom stereocenters. The number of carbonyl (C=O) groups excluding carboxylic acids is 1. The first-order chi connectivity index (χ1) is 6.22. The van der Waals surface area contributed by atoms with Gasteiger partial charge in [-0.05, 0) is 6.08 Å². The summed E-state index contributed by atoms with van der Waals surface area (Å²) >= 11 is 0. The molecule has 0 saturated carbocycles. The van der Waals surface area contributed by atoms with Crippen molar-refractivity contribution >= 4 is 6.03 Å². The molecule has 2 bridgehead atoms. The monoisotopic (exact) mass is 184 g/mol. The quantitative estimate of drug-likeness (QED) is 0.384. The largest absolute Gasteiger partial charge is 0.344 e. The number of rotatable bonds is 2. The first-order valence-electron chi connectivity index (χ1n) is 4.13. The van der Waals surface area contributed by atoms with Gasteiger partial charge in [-0.1, -0.05) is 0 Å². The maximum Gasteiger partial charge on any atom is 0.344 e. The van der Waals surface area contributed by atoms with Crippen LogP contribution in [0.15, 0.2) is 11.8 Å². The van der Waals surface area contributed by atoms with Crippen molar-refractivity contribution in [2.45, 2.75) is 6.04 Å². The minimum Gasteiger partial charge on any atom is -0.324 e. The Kier molecular flexibility index (Phi) is 1.86. The highest BCUT2D eigenvalue weighted by Crippen LogP contribution is 2.20. The van der Waals surface area contributed by atoms with Crippen LogP contribution in [0.3, 0.4) is 0 Å². The number of hydrogen-bond donors (Lipinski definition) is 3. The molecule has 72 valence electrons. The van der Waals surface area contributed by atoms with Crippen molar-refractivity contribution in [2.24, 2.45) is 0 Å². The summed E-state index contributed by atoms with van der Waals surface area (Å²) in [6, 6.07) is -0.536. The Morgan fingerprint density at radius 1 is 1.69 bits per heavy atom. The zero-order valence-corrected chi connectivity index (χ0v) is 7.32. The molecule has 2 amide bonds. The van der Waals surface area contributed by atoms with Crippen LogP contribution in [0.1, 0.15) is 0 Å². The minimum atomic E-state index is -0.325. The molecular weight excluding hydrogens is 172 g/mol. The Bertz CT molecular complexity index is 265. The van der Waals surface area contributed by atoms with Crippen molar-refractivity contribution in [3.8, 4) is 0 Å². The van der Waals surface area contributed by atoms with Crippen LogP contribution in [-0.4, -0.2) is 47.4 Å². The van der Waals surface area contributed by atoms with E-state index in [2.05, 4.69) is 10.9 Å². The lowest BCUT2D eigenvalue weighted by Gasteiger charge is -2.21. The van der Waals surface area contributed by atoms with E-state index in [0.29, 0.717) is 13.1 Å². The topological polar surface area (TPSA) is 67.8 Å². The lowest BCUT2D eigenvalue weighted by atomic mass is 10.2. The van der Waals surface area contributed by atoms with Gasteiger partial charge in [0.25, 0.3) is 0 Å². The van der Waals surface area contributed by atoms with Crippen LogP contribution in [0.4, 0.5) is 4.79 Å². The van der Waals surface area contributed by atoms with Gasteiger partial charge >= 0.3 is 6.03 Å². The van der Waals surface area contributed by atoms with E-state index in [1.54, 1.807) is 11.9 Å². The van der Waals surface area contributed by atoms with Gasteiger partial charge in [0.15, 0.2) is 0 Å². The zero-order valence-electron chi connectivity index (χ0n) is 7.32. The molecule has 2 rings (SSSR count). The Hall–Kier alpha value is -1.27. The van der Waals surface area contributed by atoms with Gasteiger partial charge in [0, 0.05) is 19.3 Å². The molecule has 0 aromatic carbocycles. The van der Waals surface area contributed by atoms with Crippen molar-refractivity contribution in [3.05, 3.63) is 11.8 Å². The third-order valence-electron chi connectivity index (χ3n) is 2.23. The van der Waals surface area contributed by atoms with Crippen LogP contribution in [-0.2, 0) is 0 Å². The number of hydroxylamine groups is 2. The van der Waals surface area contributed by atoms with Gasteiger partial charge in [-0.3, -0.25) is 5.21 Å². The Labute approximate surface area is 75.7 Å². The van der Waals surface area contributed by atoms with Crippen molar-refractivity contribution in [1.82, 2.24) is 20.8 Å². The fraction of sp³-hybridized carbons (Fsp3) is 0.571. The molecule has 13 heavy (non-hydrogen) atoms. The lowest BCUT2D eigenvalue weighted by Crippen LogP contribution is -2.38. The highest BCUT2D eigenvalue weighted by Gasteiger charge is 2.38. The Morgan fingerprint density at radius 3 is 3.08 bits per heavy atom. The Balaban J connectivity index is 2.15. The molecule has 0 radical (unpaired) electrons. The molecule has 0 aromatic heterocycles. The number of hydrogen-bond acceptors (Lipinski definition) is 4. The lowest BCUT2D eigenvalue weighted by molar-refractivity contribution is -0.0451. The van der Waals surface area contributed by atoms with E-state index in [0.717, 1.165) is 10.8 Å². The van der Waals surface area contributed by atoms with Crippen molar-refractivity contribution in [2.75, 3.05) is 20.1 Å². The second-order valence-electron chi connectivity index (χ2n) is 3.14. The number of nitrogens with zero attached hydrogens (tertiary/aromatic N) is 2. The molecule has 0 aromatic rings. The number of hydrazine groups is 1. The van der Waals surface area contributed by atoms with Crippen molar-refractivity contribution in [3.63, 3.8) is 0 Å². The summed E-state index contributed by atoms with van der Waals surface area (Å²) in [7, 11) is 1.76. The summed E-state index contributed by atoms with van der Waals surface area (Å²) in [5.74, 6) is 0. The van der Waals surface area contributed by atoms with Gasteiger partial charge in [-0.25, -0.2) is 10.2 Å². The van der Waals surface area contributed by atoms with Gasteiger partial charge in [0.2, 0.25) is 0 Å². The summed E-state index contributed by atoms with van der Waals surface area (Å²) in [4.78, 5) is 12.8. The molecule has 1 fully saturated rings. The maximum atomic E-state index is 11.3. The van der Waals surface area contributed by atoms with Crippen molar-refractivity contribution in [1.29, 1.82) is 0 Å². The number of fused-ring (bicyclic) bond motifs is 2. The molecular formula is C7H12N4O2. The smallest absolute Gasteiger partial charge is 0.324 e. The summed E-state index contributed by atoms with van der Waals surface area (Å²) in [6.07, 6.45) is 1.85. The molecule has 0 spiro atoms. The van der Waals surface area contributed by atoms with E-state index in [-0.39, 0.29) is 12.1 Å². The summed E-state index contributed by atoms with van der Waals surface area (Å²) in [6.45, 7) is 1.09. The molecule has 1 unspecified atom stereocenters. The standard InChI is InChI=1S/C7H12N4O2/c1-8-9-5-2-6-4-10(3-5)7(12)11(6)13/h2,6,8-9,13H,3-4H2,1H3. The fourth-order valence-corrected chi connectivity index (χ4v) is 1.66. The van der Waals surface area contributed by atoms with E-state index in [9.17, 15) is 10.0 Å². The van der Waals surface area contributed by atoms with Crippen LogP contribution in [0, 0.1) is 0 Å². The van der Waals surface area contributed by atoms with Gasteiger partial charge in [-0.15, -0.1) is 0 Å². The molecule has 6 nitrogen and oxygen atoms in total. The molecule has 2 aliphatic rings. The van der Waals surface area contributed by atoms with E-state index in [4.69, 9.17) is 0 Å². The van der Waals surface area contributed by atoms with Crippen LogP contribution in [0.25, 0.3) is 0 Å². The first-order valence-corrected chi connectivity index (χ1v) is 4.13. The molecule has 2 aliphatic heterocycles. The third kappa shape index (κ3) is 1.24. The van der Waals surface area contributed by atoms with E-state index in [1.165, 1.54) is 0 Å². The molecule has 1 saturated heterocycles. The van der Waals surface area contributed by atoms with Crippen molar-refractivity contribution < 1.29 is 10.0 Å². The number of nitrogens with one attached hydrogen (secondary N) is 2. The number of urea groups is 1. The average Bonchev–Trinajstić information content (AvgIpc) is 2.32. The molecule has 0 aliphatic carbocycles. The normalized spacial score (nSPS) is 26.5. The Morgan fingerprint density at radius 2 is 2.46 bits per heavy atom. The highest BCUT2D eigenvalue weighted by atomic mass is 16.5.